The zero-order chi connectivity index (χ0) is 10.8. The maximum atomic E-state index is 6.06. The van der Waals surface area contributed by atoms with Crippen LogP contribution >= 0.6 is 11.6 Å². The maximum absolute atomic E-state index is 6.06. The van der Waals surface area contributed by atoms with Gasteiger partial charge in [0.05, 0.1) is 17.1 Å². The molecule has 1 rings (SSSR count). The highest BCUT2D eigenvalue weighted by Crippen LogP contribution is 2.35. The van der Waals surface area contributed by atoms with E-state index >= 15 is 0 Å². The van der Waals surface area contributed by atoms with E-state index in [1.807, 2.05) is 6.92 Å². The highest BCUT2D eigenvalue weighted by Gasteiger charge is 2.43. The lowest BCUT2D eigenvalue weighted by Crippen LogP contribution is -2.53. The molecule has 0 bridgehead atoms. The Morgan fingerprint density at radius 3 is 2.43 bits per heavy atom. The van der Waals surface area contributed by atoms with Gasteiger partial charge in [0, 0.05) is 6.61 Å². The van der Waals surface area contributed by atoms with Gasteiger partial charge in [-0.05, 0) is 33.6 Å². The standard InChI is InChI=1S/C11H21ClO2/c1-5-11(3,4)14-9-7-8(12)10(9)13-6-2/h8-10H,5-7H2,1-4H3. The van der Waals surface area contributed by atoms with Crippen LogP contribution in [0.1, 0.15) is 40.5 Å². The molecule has 1 aliphatic rings. The first-order chi connectivity index (χ1) is 6.50. The minimum atomic E-state index is -0.0585. The minimum absolute atomic E-state index is 0.0585. The molecule has 1 aliphatic carbocycles. The highest BCUT2D eigenvalue weighted by atomic mass is 35.5. The average Bonchev–Trinajstić information content (AvgIpc) is 2.13. The zero-order valence-corrected chi connectivity index (χ0v) is 10.3. The van der Waals surface area contributed by atoms with Gasteiger partial charge in [0.1, 0.15) is 6.10 Å². The quantitative estimate of drug-likeness (QED) is 0.664. The van der Waals surface area contributed by atoms with Crippen LogP contribution in [0.2, 0.25) is 0 Å². The van der Waals surface area contributed by atoms with Gasteiger partial charge in [-0.1, -0.05) is 6.92 Å². The molecule has 0 aromatic heterocycles. The molecule has 0 N–H and O–H groups in total. The molecule has 84 valence electrons. The number of alkyl halides is 1. The molecule has 2 nitrogen and oxygen atoms in total. The molecule has 1 saturated carbocycles. The molecular formula is C11H21ClO2. The zero-order valence-electron chi connectivity index (χ0n) is 9.55. The van der Waals surface area contributed by atoms with E-state index in [1.165, 1.54) is 0 Å². The van der Waals surface area contributed by atoms with Crippen molar-refractivity contribution in [1.82, 2.24) is 0 Å². The normalized spacial score (nSPS) is 32.8. The molecule has 3 atom stereocenters. The van der Waals surface area contributed by atoms with Crippen molar-refractivity contribution in [1.29, 1.82) is 0 Å². The molecule has 0 amide bonds. The summed E-state index contributed by atoms with van der Waals surface area (Å²) in [6, 6.07) is 0. The third-order valence-corrected chi connectivity index (χ3v) is 3.29. The molecule has 3 unspecified atom stereocenters. The first kappa shape index (κ1) is 12.3. The van der Waals surface area contributed by atoms with Crippen molar-refractivity contribution in [2.75, 3.05) is 6.61 Å². The highest BCUT2D eigenvalue weighted by molar-refractivity contribution is 6.21. The van der Waals surface area contributed by atoms with E-state index in [2.05, 4.69) is 20.8 Å². The van der Waals surface area contributed by atoms with Crippen LogP contribution in [0.4, 0.5) is 0 Å². The van der Waals surface area contributed by atoms with E-state index in [9.17, 15) is 0 Å². The Bertz CT molecular complexity index is 182. The molecule has 0 aliphatic heterocycles. The van der Waals surface area contributed by atoms with Crippen molar-refractivity contribution < 1.29 is 9.47 Å². The van der Waals surface area contributed by atoms with Gasteiger partial charge in [0.2, 0.25) is 0 Å². The third-order valence-electron chi connectivity index (χ3n) is 2.86. The predicted molar refractivity (Wildman–Crippen MR) is 58.9 cm³/mol. The van der Waals surface area contributed by atoms with Crippen LogP contribution in [0.3, 0.4) is 0 Å². The van der Waals surface area contributed by atoms with Crippen LogP contribution in [-0.2, 0) is 9.47 Å². The van der Waals surface area contributed by atoms with Gasteiger partial charge in [-0.15, -0.1) is 11.6 Å². The first-order valence-corrected chi connectivity index (χ1v) is 5.87. The van der Waals surface area contributed by atoms with Gasteiger partial charge in [0.15, 0.2) is 0 Å². The number of rotatable bonds is 5. The van der Waals surface area contributed by atoms with E-state index in [4.69, 9.17) is 21.1 Å². The van der Waals surface area contributed by atoms with E-state index in [0.29, 0.717) is 6.61 Å². The molecule has 0 aromatic carbocycles. The molecular weight excluding hydrogens is 200 g/mol. The second kappa shape index (κ2) is 4.82. The van der Waals surface area contributed by atoms with Crippen molar-refractivity contribution in [3.05, 3.63) is 0 Å². The van der Waals surface area contributed by atoms with Crippen LogP contribution in [0.5, 0.6) is 0 Å². The summed E-state index contributed by atoms with van der Waals surface area (Å²) in [6.45, 7) is 9.05. The van der Waals surface area contributed by atoms with Gasteiger partial charge < -0.3 is 9.47 Å². The van der Waals surface area contributed by atoms with Gasteiger partial charge in [-0.3, -0.25) is 0 Å². The second-order valence-electron chi connectivity index (χ2n) is 4.44. The van der Waals surface area contributed by atoms with Gasteiger partial charge >= 0.3 is 0 Å². The first-order valence-electron chi connectivity index (χ1n) is 5.43. The van der Waals surface area contributed by atoms with Gasteiger partial charge in [0.25, 0.3) is 0 Å². The van der Waals surface area contributed by atoms with Crippen molar-refractivity contribution in [2.45, 2.75) is 63.7 Å². The van der Waals surface area contributed by atoms with Crippen molar-refractivity contribution in [2.24, 2.45) is 0 Å². The maximum Gasteiger partial charge on any atom is 0.100 e. The van der Waals surface area contributed by atoms with Crippen molar-refractivity contribution in [3.8, 4) is 0 Å². The molecule has 14 heavy (non-hydrogen) atoms. The molecule has 1 fully saturated rings. The average molecular weight is 221 g/mol. The smallest absolute Gasteiger partial charge is 0.100 e. The Hall–Kier alpha value is 0.210. The Kier molecular flexibility index (Phi) is 4.23. The summed E-state index contributed by atoms with van der Waals surface area (Å²) >= 11 is 6.06. The van der Waals surface area contributed by atoms with E-state index in [0.717, 1.165) is 12.8 Å². The molecule has 0 aromatic rings. The summed E-state index contributed by atoms with van der Waals surface area (Å²) in [7, 11) is 0. The van der Waals surface area contributed by atoms with Crippen molar-refractivity contribution in [3.63, 3.8) is 0 Å². The van der Waals surface area contributed by atoms with Crippen LogP contribution in [0, 0.1) is 0 Å². The van der Waals surface area contributed by atoms with Crippen LogP contribution < -0.4 is 0 Å². The summed E-state index contributed by atoms with van der Waals surface area (Å²) in [4.78, 5) is 0. The number of ether oxygens (including phenoxy) is 2. The number of hydrogen-bond acceptors (Lipinski definition) is 2. The van der Waals surface area contributed by atoms with E-state index < -0.39 is 0 Å². The topological polar surface area (TPSA) is 18.5 Å². The largest absolute Gasteiger partial charge is 0.374 e. The Morgan fingerprint density at radius 1 is 1.36 bits per heavy atom. The summed E-state index contributed by atoms with van der Waals surface area (Å²) in [5, 5.41) is 0.132. The predicted octanol–water partition coefficient (Wildman–Crippen LogP) is 2.98. The fraction of sp³-hybridized carbons (Fsp3) is 1.00. The van der Waals surface area contributed by atoms with Crippen molar-refractivity contribution >= 4 is 11.6 Å². The molecule has 0 radical (unpaired) electrons. The van der Waals surface area contributed by atoms with E-state index in [1.54, 1.807) is 0 Å². The second-order valence-corrected chi connectivity index (χ2v) is 5.00. The van der Waals surface area contributed by atoms with Gasteiger partial charge in [-0.25, -0.2) is 0 Å². The summed E-state index contributed by atoms with van der Waals surface area (Å²) in [5.41, 5.74) is -0.0585. The Balaban J connectivity index is 2.39. The van der Waals surface area contributed by atoms with Crippen LogP contribution in [0.25, 0.3) is 0 Å². The Labute approximate surface area is 91.9 Å². The SMILES string of the molecule is CCOC1C(Cl)CC1OC(C)(C)CC. The fourth-order valence-corrected chi connectivity index (χ4v) is 1.95. The molecule has 0 saturated heterocycles. The minimum Gasteiger partial charge on any atom is -0.374 e. The number of hydrogen-bond donors (Lipinski definition) is 0. The summed E-state index contributed by atoms with van der Waals surface area (Å²) < 4.78 is 11.5. The van der Waals surface area contributed by atoms with Crippen LogP contribution in [0.15, 0.2) is 0 Å². The molecule has 0 heterocycles. The summed E-state index contributed by atoms with van der Waals surface area (Å²) in [5.74, 6) is 0. The van der Waals surface area contributed by atoms with Gasteiger partial charge in [-0.2, -0.15) is 0 Å². The lowest BCUT2D eigenvalue weighted by molar-refractivity contribution is -0.174. The number of halogens is 1. The monoisotopic (exact) mass is 220 g/mol. The summed E-state index contributed by atoms with van der Waals surface area (Å²) in [6.07, 6.45) is 2.20. The Morgan fingerprint density at radius 2 is 2.00 bits per heavy atom. The molecule has 3 heteroatoms. The lowest BCUT2D eigenvalue weighted by Gasteiger charge is -2.44. The third kappa shape index (κ3) is 2.85. The fourth-order valence-electron chi connectivity index (χ4n) is 1.54. The molecule has 0 spiro atoms. The van der Waals surface area contributed by atoms with E-state index in [-0.39, 0.29) is 23.2 Å². The van der Waals surface area contributed by atoms with Crippen LogP contribution in [-0.4, -0.2) is 29.8 Å². The lowest BCUT2D eigenvalue weighted by atomic mass is 9.89.